The molecule has 0 saturated carbocycles. The first-order valence-electron chi connectivity index (χ1n) is 9.15. The van der Waals surface area contributed by atoms with Crippen molar-refractivity contribution < 1.29 is 28.9 Å². The highest BCUT2D eigenvalue weighted by atomic mass is 16.6. The first kappa shape index (κ1) is 18.6. The lowest BCUT2D eigenvalue weighted by molar-refractivity contribution is -0.0392. The summed E-state index contributed by atoms with van der Waals surface area (Å²) >= 11 is 0. The van der Waals surface area contributed by atoms with E-state index < -0.39 is 11.9 Å². The van der Waals surface area contributed by atoms with Crippen LogP contribution in [0.1, 0.15) is 26.3 Å². The molecule has 2 aromatic rings. The van der Waals surface area contributed by atoms with Gasteiger partial charge < -0.3 is 24.6 Å². The van der Waals surface area contributed by atoms with Crippen LogP contribution < -0.4 is 5.32 Å². The van der Waals surface area contributed by atoms with Crippen molar-refractivity contribution >= 4 is 11.9 Å². The minimum atomic E-state index is -1.14. The highest BCUT2D eigenvalue weighted by Crippen LogP contribution is 2.29. The van der Waals surface area contributed by atoms with Crippen LogP contribution in [-0.2, 0) is 20.8 Å². The molecule has 0 bridgehead atoms. The molecular weight excluding hydrogens is 362 g/mol. The Balaban J connectivity index is 1.37. The van der Waals surface area contributed by atoms with Gasteiger partial charge in [-0.25, -0.2) is 4.79 Å². The van der Waals surface area contributed by atoms with Crippen LogP contribution in [0.25, 0.3) is 0 Å². The predicted molar refractivity (Wildman–Crippen MR) is 99.2 cm³/mol. The predicted octanol–water partition coefficient (Wildman–Crippen LogP) is 1.87. The quantitative estimate of drug-likeness (QED) is 0.791. The van der Waals surface area contributed by atoms with Crippen LogP contribution in [0, 0.1) is 0 Å². The van der Waals surface area contributed by atoms with Crippen molar-refractivity contribution in [2.24, 2.45) is 0 Å². The Hall–Kier alpha value is -2.74. The number of hydrogen-bond acceptors (Lipinski definition) is 5. The minimum absolute atomic E-state index is 0.0353. The Labute approximate surface area is 162 Å². The molecule has 0 aliphatic carbocycles. The summed E-state index contributed by atoms with van der Waals surface area (Å²) in [5.41, 5.74) is 1.15. The van der Waals surface area contributed by atoms with E-state index in [1.807, 2.05) is 30.3 Å². The van der Waals surface area contributed by atoms with Gasteiger partial charge in [-0.05, 0) is 17.7 Å². The molecule has 2 heterocycles. The number of benzene rings is 2. The second-order valence-electron chi connectivity index (χ2n) is 6.86. The van der Waals surface area contributed by atoms with Gasteiger partial charge in [-0.3, -0.25) is 4.79 Å². The molecule has 1 amide bonds. The molecule has 4 atom stereocenters. The zero-order valence-electron chi connectivity index (χ0n) is 15.1. The molecule has 2 saturated heterocycles. The number of nitrogens with one attached hydrogen (secondary N) is 1. The van der Waals surface area contributed by atoms with Crippen LogP contribution in [-0.4, -0.2) is 54.6 Å². The van der Waals surface area contributed by atoms with E-state index in [-0.39, 0.29) is 35.5 Å². The Morgan fingerprint density at radius 2 is 1.64 bits per heavy atom. The number of amides is 1. The molecular formula is C21H21NO6. The van der Waals surface area contributed by atoms with E-state index in [2.05, 4.69) is 5.32 Å². The van der Waals surface area contributed by atoms with Crippen molar-refractivity contribution in [2.75, 3.05) is 13.2 Å². The highest BCUT2D eigenvalue weighted by Gasteiger charge is 2.48. The lowest BCUT2D eigenvalue weighted by Crippen LogP contribution is -2.44. The van der Waals surface area contributed by atoms with Gasteiger partial charge in [0.1, 0.15) is 18.3 Å². The van der Waals surface area contributed by atoms with Gasteiger partial charge in [0.05, 0.1) is 37.0 Å². The van der Waals surface area contributed by atoms with Gasteiger partial charge >= 0.3 is 5.97 Å². The Morgan fingerprint density at radius 1 is 0.964 bits per heavy atom. The molecule has 2 fully saturated rings. The zero-order valence-corrected chi connectivity index (χ0v) is 15.1. The van der Waals surface area contributed by atoms with E-state index in [1.165, 1.54) is 12.1 Å². The van der Waals surface area contributed by atoms with E-state index in [1.54, 1.807) is 12.1 Å². The van der Waals surface area contributed by atoms with Crippen molar-refractivity contribution in [1.82, 2.24) is 5.32 Å². The maximum absolute atomic E-state index is 12.6. The number of ether oxygens (including phenoxy) is 3. The molecule has 2 aromatic carbocycles. The van der Waals surface area contributed by atoms with Gasteiger partial charge in [0.2, 0.25) is 0 Å². The fraction of sp³-hybridized carbons (Fsp3) is 0.333. The average Bonchev–Trinajstić information content (AvgIpc) is 3.30. The Kier molecular flexibility index (Phi) is 5.38. The summed E-state index contributed by atoms with van der Waals surface area (Å²) in [4.78, 5) is 23.9. The van der Waals surface area contributed by atoms with Gasteiger partial charge in [-0.1, -0.05) is 42.5 Å². The third-order valence-corrected chi connectivity index (χ3v) is 5.03. The topological polar surface area (TPSA) is 94.1 Å². The summed E-state index contributed by atoms with van der Waals surface area (Å²) in [6, 6.07) is 15.6. The summed E-state index contributed by atoms with van der Waals surface area (Å²) < 4.78 is 17.6. The lowest BCUT2D eigenvalue weighted by Gasteiger charge is -2.18. The van der Waals surface area contributed by atoms with Crippen LogP contribution in [0.15, 0.2) is 54.6 Å². The number of fused-ring (bicyclic) bond motifs is 1. The molecule has 2 aliphatic rings. The van der Waals surface area contributed by atoms with Crippen LogP contribution in [0.2, 0.25) is 0 Å². The number of rotatable bonds is 6. The van der Waals surface area contributed by atoms with Crippen molar-refractivity contribution in [2.45, 2.75) is 31.0 Å². The van der Waals surface area contributed by atoms with Crippen molar-refractivity contribution in [1.29, 1.82) is 0 Å². The summed E-state index contributed by atoms with van der Waals surface area (Å²) in [6.07, 6.45) is -0.788. The number of aromatic carboxylic acids is 1. The van der Waals surface area contributed by atoms with Crippen LogP contribution in [0.5, 0.6) is 0 Å². The van der Waals surface area contributed by atoms with Crippen LogP contribution >= 0.6 is 0 Å². The summed E-state index contributed by atoms with van der Waals surface area (Å²) in [7, 11) is 0. The molecule has 2 aliphatic heterocycles. The molecule has 0 radical (unpaired) electrons. The molecule has 2 N–H and O–H groups in total. The van der Waals surface area contributed by atoms with E-state index >= 15 is 0 Å². The Morgan fingerprint density at radius 3 is 2.39 bits per heavy atom. The molecule has 4 rings (SSSR count). The molecule has 7 nitrogen and oxygen atoms in total. The standard InChI is InChI=1S/C21H21NO6/c23-20(14-8-4-5-9-15(14)21(24)25)22-16-11-27-19-17(12-28-18(16)19)26-10-13-6-2-1-3-7-13/h1-9,16-19H,10-12H2,(H,22,23)(H,24,25). The summed E-state index contributed by atoms with van der Waals surface area (Å²) in [5.74, 6) is -1.60. The second-order valence-corrected chi connectivity index (χ2v) is 6.86. The summed E-state index contributed by atoms with van der Waals surface area (Å²) in [5, 5.41) is 12.1. The third kappa shape index (κ3) is 3.77. The van der Waals surface area contributed by atoms with E-state index in [9.17, 15) is 14.7 Å². The first-order chi connectivity index (χ1) is 13.6. The number of carbonyl (C=O) groups excluding carboxylic acids is 1. The fourth-order valence-electron chi connectivity index (χ4n) is 3.62. The van der Waals surface area contributed by atoms with Crippen molar-refractivity contribution in [3.05, 3.63) is 71.3 Å². The molecule has 146 valence electrons. The maximum atomic E-state index is 12.6. The van der Waals surface area contributed by atoms with Crippen molar-refractivity contribution in [3.8, 4) is 0 Å². The third-order valence-electron chi connectivity index (χ3n) is 5.03. The minimum Gasteiger partial charge on any atom is -0.478 e. The van der Waals surface area contributed by atoms with Gasteiger partial charge in [0.25, 0.3) is 5.91 Å². The average molecular weight is 383 g/mol. The van der Waals surface area contributed by atoms with Gasteiger partial charge in [0, 0.05) is 0 Å². The number of hydrogen-bond donors (Lipinski definition) is 2. The SMILES string of the molecule is O=C(O)c1ccccc1C(=O)NC1COC2C(OCc3ccccc3)COC12. The molecule has 7 heteroatoms. The fourth-order valence-corrected chi connectivity index (χ4v) is 3.62. The van der Waals surface area contributed by atoms with E-state index in [0.29, 0.717) is 19.8 Å². The van der Waals surface area contributed by atoms with Crippen LogP contribution in [0.4, 0.5) is 0 Å². The largest absolute Gasteiger partial charge is 0.478 e. The smallest absolute Gasteiger partial charge is 0.336 e. The molecule has 4 unspecified atom stereocenters. The number of carbonyl (C=O) groups is 2. The van der Waals surface area contributed by atoms with Crippen LogP contribution in [0.3, 0.4) is 0 Å². The molecule has 28 heavy (non-hydrogen) atoms. The van der Waals surface area contributed by atoms with Gasteiger partial charge in [-0.15, -0.1) is 0 Å². The number of carboxylic acids is 1. The summed E-state index contributed by atoms with van der Waals surface area (Å²) in [6.45, 7) is 1.15. The van der Waals surface area contributed by atoms with Crippen molar-refractivity contribution in [3.63, 3.8) is 0 Å². The number of carboxylic acid groups (broad SMARTS) is 1. The first-order valence-corrected chi connectivity index (χ1v) is 9.15. The zero-order chi connectivity index (χ0) is 19.5. The highest BCUT2D eigenvalue weighted by molar-refractivity contribution is 6.04. The lowest BCUT2D eigenvalue weighted by atomic mass is 10.0. The monoisotopic (exact) mass is 383 g/mol. The molecule has 0 aromatic heterocycles. The second kappa shape index (κ2) is 8.10. The maximum Gasteiger partial charge on any atom is 0.336 e. The molecule has 0 spiro atoms. The Bertz CT molecular complexity index is 855. The van der Waals surface area contributed by atoms with E-state index in [4.69, 9.17) is 14.2 Å². The van der Waals surface area contributed by atoms with Gasteiger partial charge in [-0.2, -0.15) is 0 Å². The van der Waals surface area contributed by atoms with Gasteiger partial charge in [0.15, 0.2) is 0 Å². The normalized spacial score (nSPS) is 26.0. The van der Waals surface area contributed by atoms with E-state index in [0.717, 1.165) is 5.56 Å².